The first kappa shape index (κ1) is 18.9. The van der Waals surface area contributed by atoms with Crippen LogP contribution in [0.15, 0.2) is 6.20 Å². The normalized spacial score (nSPS) is 19.7. The van der Waals surface area contributed by atoms with Gasteiger partial charge < -0.3 is 24.1 Å². The third kappa shape index (κ3) is 4.66. The third-order valence-corrected chi connectivity index (χ3v) is 4.72. The van der Waals surface area contributed by atoms with Gasteiger partial charge >= 0.3 is 6.09 Å². The predicted octanol–water partition coefficient (Wildman–Crippen LogP) is 2.64. The molecule has 0 unspecified atom stereocenters. The topological polar surface area (TPSA) is 104 Å². The van der Waals surface area contributed by atoms with Crippen molar-refractivity contribution in [3.05, 3.63) is 6.20 Å². The van der Waals surface area contributed by atoms with Crippen LogP contribution >= 0.6 is 0 Å². The number of aromatic nitrogens is 2. The van der Waals surface area contributed by atoms with E-state index in [0.717, 1.165) is 25.7 Å². The fourth-order valence-electron chi connectivity index (χ4n) is 3.44. The monoisotopic (exact) mass is 369 g/mol. The van der Waals surface area contributed by atoms with E-state index in [2.05, 4.69) is 10.4 Å². The SMILES string of the molecule is CCOCCCOc1nn(C2CCC3(CC2)OCCO3)cc1NC(=O)O. The van der Waals surface area contributed by atoms with Crippen LogP contribution in [0.5, 0.6) is 5.88 Å². The third-order valence-electron chi connectivity index (χ3n) is 4.72. The summed E-state index contributed by atoms with van der Waals surface area (Å²) >= 11 is 0. The van der Waals surface area contributed by atoms with Crippen molar-refractivity contribution in [2.45, 2.75) is 50.9 Å². The Bertz CT molecular complexity index is 589. The number of carbonyl (C=O) groups is 1. The van der Waals surface area contributed by atoms with Crippen molar-refractivity contribution in [1.29, 1.82) is 0 Å². The molecule has 2 fully saturated rings. The van der Waals surface area contributed by atoms with Crippen molar-refractivity contribution < 1.29 is 28.8 Å². The molecular weight excluding hydrogens is 342 g/mol. The summed E-state index contributed by atoms with van der Waals surface area (Å²) in [6, 6.07) is 0.170. The largest absolute Gasteiger partial charge is 0.475 e. The Labute approximate surface area is 152 Å². The second kappa shape index (κ2) is 8.70. The summed E-state index contributed by atoms with van der Waals surface area (Å²) in [6.45, 7) is 4.92. The lowest BCUT2D eigenvalue weighted by molar-refractivity contribution is -0.181. The van der Waals surface area contributed by atoms with E-state index in [4.69, 9.17) is 24.1 Å². The molecule has 2 heterocycles. The number of nitrogens with zero attached hydrogens (tertiary/aromatic N) is 2. The maximum absolute atomic E-state index is 11.0. The molecule has 146 valence electrons. The van der Waals surface area contributed by atoms with Crippen molar-refractivity contribution >= 4 is 11.8 Å². The molecule has 0 bridgehead atoms. The molecule has 9 heteroatoms. The first-order valence-electron chi connectivity index (χ1n) is 9.19. The van der Waals surface area contributed by atoms with Crippen LogP contribution in [-0.4, -0.2) is 59.8 Å². The molecule has 1 saturated carbocycles. The summed E-state index contributed by atoms with van der Waals surface area (Å²) in [4.78, 5) is 11.0. The molecule has 1 aromatic rings. The standard InChI is InChI=1S/C17H27N3O6/c1-2-23-8-3-9-24-15-14(18-16(21)22)12-20(19-15)13-4-6-17(7-5-13)25-10-11-26-17/h12-13,18H,2-11H2,1H3,(H,21,22). The minimum atomic E-state index is -1.14. The average molecular weight is 369 g/mol. The van der Waals surface area contributed by atoms with Crippen LogP contribution in [0.2, 0.25) is 0 Å². The molecule has 0 radical (unpaired) electrons. The summed E-state index contributed by atoms with van der Waals surface area (Å²) in [7, 11) is 0. The molecule has 2 aliphatic rings. The average Bonchev–Trinajstić information content (AvgIpc) is 3.23. The molecule has 1 aliphatic carbocycles. The fraction of sp³-hybridized carbons (Fsp3) is 0.765. The van der Waals surface area contributed by atoms with Crippen LogP contribution in [0.3, 0.4) is 0 Å². The maximum atomic E-state index is 11.0. The van der Waals surface area contributed by atoms with Gasteiger partial charge in [0.15, 0.2) is 5.79 Å². The Morgan fingerprint density at radius 2 is 2.12 bits per heavy atom. The fourth-order valence-corrected chi connectivity index (χ4v) is 3.44. The molecule has 9 nitrogen and oxygen atoms in total. The second-order valence-corrected chi connectivity index (χ2v) is 6.50. The van der Waals surface area contributed by atoms with E-state index in [9.17, 15) is 4.79 Å². The molecule has 1 aromatic heterocycles. The van der Waals surface area contributed by atoms with E-state index < -0.39 is 11.9 Å². The number of nitrogens with one attached hydrogen (secondary N) is 1. The highest BCUT2D eigenvalue weighted by atomic mass is 16.7. The minimum absolute atomic E-state index is 0.170. The maximum Gasteiger partial charge on any atom is 0.409 e. The summed E-state index contributed by atoms with van der Waals surface area (Å²) in [5, 5.41) is 15.9. The highest BCUT2D eigenvalue weighted by Crippen LogP contribution is 2.40. The van der Waals surface area contributed by atoms with E-state index in [-0.39, 0.29) is 6.04 Å². The van der Waals surface area contributed by atoms with Gasteiger partial charge in [0.05, 0.1) is 32.1 Å². The number of rotatable bonds is 8. The summed E-state index contributed by atoms with van der Waals surface area (Å²) in [6.07, 6.45) is 4.61. The van der Waals surface area contributed by atoms with Crippen LogP contribution in [0.1, 0.15) is 45.1 Å². The lowest BCUT2D eigenvalue weighted by Crippen LogP contribution is -2.35. The van der Waals surface area contributed by atoms with Crippen molar-refractivity contribution in [3.63, 3.8) is 0 Å². The highest BCUT2D eigenvalue weighted by molar-refractivity contribution is 5.84. The smallest absolute Gasteiger partial charge is 0.409 e. The molecule has 26 heavy (non-hydrogen) atoms. The Morgan fingerprint density at radius 3 is 2.77 bits per heavy atom. The summed E-state index contributed by atoms with van der Waals surface area (Å²) < 4.78 is 24.2. The lowest BCUT2D eigenvalue weighted by Gasteiger charge is -2.35. The molecule has 1 aliphatic heterocycles. The molecule has 1 saturated heterocycles. The number of amides is 1. The van der Waals surface area contributed by atoms with Gasteiger partial charge in [0, 0.05) is 32.5 Å². The van der Waals surface area contributed by atoms with Gasteiger partial charge in [0.1, 0.15) is 5.69 Å². The van der Waals surface area contributed by atoms with Crippen LogP contribution < -0.4 is 10.1 Å². The molecule has 0 aromatic carbocycles. The summed E-state index contributed by atoms with van der Waals surface area (Å²) in [5.41, 5.74) is 0.363. The van der Waals surface area contributed by atoms with Crippen molar-refractivity contribution in [2.75, 3.05) is 38.4 Å². The molecule has 3 rings (SSSR count). The number of hydrogen-bond acceptors (Lipinski definition) is 6. The highest BCUT2D eigenvalue weighted by Gasteiger charge is 2.41. The van der Waals surface area contributed by atoms with E-state index in [1.807, 2.05) is 6.92 Å². The number of ether oxygens (including phenoxy) is 4. The molecule has 2 N–H and O–H groups in total. The Kier molecular flexibility index (Phi) is 6.33. The van der Waals surface area contributed by atoms with Gasteiger partial charge in [-0.1, -0.05) is 0 Å². The Morgan fingerprint density at radius 1 is 1.38 bits per heavy atom. The molecule has 1 spiro atoms. The summed E-state index contributed by atoms with van der Waals surface area (Å²) in [5.74, 6) is -0.123. The minimum Gasteiger partial charge on any atom is -0.475 e. The molecular formula is C17H27N3O6. The number of anilines is 1. The van der Waals surface area contributed by atoms with Gasteiger partial charge in [-0.2, -0.15) is 0 Å². The van der Waals surface area contributed by atoms with Gasteiger partial charge in [0.25, 0.3) is 5.88 Å². The van der Waals surface area contributed by atoms with Crippen molar-refractivity contribution in [3.8, 4) is 5.88 Å². The van der Waals surface area contributed by atoms with Gasteiger partial charge in [-0.05, 0) is 19.8 Å². The zero-order chi connectivity index (χ0) is 18.4. The van der Waals surface area contributed by atoms with Crippen LogP contribution in [0.25, 0.3) is 0 Å². The van der Waals surface area contributed by atoms with Crippen LogP contribution in [0, 0.1) is 0 Å². The zero-order valence-corrected chi connectivity index (χ0v) is 15.1. The zero-order valence-electron chi connectivity index (χ0n) is 15.1. The molecule has 1 amide bonds. The first-order chi connectivity index (χ1) is 12.6. The van der Waals surface area contributed by atoms with Gasteiger partial charge in [0.2, 0.25) is 0 Å². The Balaban J connectivity index is 1.60. The van der Waals surface area contributed by atoms with Gasteiger partial charge in [-0.3, -0.25) is 10.00 Å². The Hall–Kier alpha value is -1.84. The second-order valence-electron chi connectivity index (χ2n) is 6.50. The van der Waals surface area contributed by atoms with E-state index in [1.165, 1.54) is 0 Å². The molecule has 0 atom stereocenters. The van der Waals surface area contributed by atoms with Crippen molar-refractivity contribution in [1.82, 2.24) is 9.78 Å². The van der Waals surface area contributed by atoms with E-state index in [0.29, 0.717) is 51.0 Å². The van der Waals surface area contributed by atoms with Crippen LogP contribution in [-0.2, 0) is 14.2 Å². The van der Waals surface area contributed by atoms with Gasteiger partial charge in [-0.25, -0.2) is 4.79 Å². The van der Waals surface area contributed by atoms with Gasteiger partial charge in [-0.15, -0.1) is 5.10 Å². The van der Waals surface area contributed by atoms with Crippen molar-refractivity contribution in [2.24, 2.45) is 0 Å². The van der Waals surface area contributed by atoms with E-state index >= 15 is 0 Å². The number of carboxylic acid groups (broad SMARTS) is 1. The number of hydrogen-bond donors (Lipinski definition) is 2. The predicted molar refractivity (Wildman–Crippen MR) is 92.6 cm³/mol. The van der Waals surface area contributed by atoms with E-state index in [1.54, 1.807) is 10.9 Å². The quantitative estimate of drug-likeness (QED) is 0.679. The van der Waals surface area contributed by atoms with Crippen LogP contribution in [0.4, 0.5) is 10.5 Å². The first-order valence-corrected chi connectivity index (χ1v) is 9.19. The lowest BCUT2D eigenvalue weighted by atomic mass is 9.90.